The van der Waals surface area contributed by atoms with Crippen LogP contribution < -0.4 is 21.7 Å². The number of carbonyl (C=O) groups is 2. The van der Waals surface area contributed by atoms with Crippen molar-refractivity contribution in [3.8, 4) is 0 Å². The predicted octanol–water partition coefficient (Wildman–Crippen LogP) is 4.13. The fourth-order valence-electron chi connectivity index (χ4n) is 4.23. The van der Waals surface area contributed by atoms with E-state index in [0.29, 0.717) is 30.3 Å². The maximum absolute atomic E-state index is 12.8. The highest BCUT2D eigenvalue weighted by atomic mass is 16.5. The van der Waals surface area contributed by atoms with Crippen molar-refractivity contribution >= 4 is 35.1 Å². The molecule has 0 spiro atoms. The SMILES string of the molecule is COCC1CCCN1C(=O)Nc1cccc(Nc2ncc(C(N)=O)c(N[C@H](C)c3ccccc3)n2)c1. The molecule has 1 saturated heterocycles. The molecule has 1 aliphatic heterocycles. The molecule has 3 amide bonds. The predicted molar refractivity (Wildman–Crippen MR) is 139 cm³/mol. The van der Waals surface area contributed by atoms with E-state index in [1.807, 2.05) is 55.5 Å². The molecule has 3 aromatic rings. The second-order valence-corrected chi connectivity index (χ2v) is 8.68. The lowest BCUT2D eigenvalue weighted by Crippen LogP contribution is -2.40. The van der Waals surface area contributed by atoms with Gasteiger partial charge in [-0.25, -0.2) is 9.78 Å². The van der Waals surface area contributed by atoms with E-state index in [2.05, 4.69) is 25.9 Å². The first kappa shape index (κ1) is 24.9. The number of hydrogen-bond donors (Lipinski definition) is 4. The van der Waals surface area contributed by atoms with Crippen LogP contribution in [0.15, 0.2) is 60.8 Å². The van der Waals surface area contributed by atoms with Gasteiger partial charge in [-0.05, 0) is 43.5 Å². The highest BCUT2D eigenvalue weighted by molar-refractivity contribution is 5.97. The Bertz CT molecular complexity index is 1210. The van der Waals surface area contributed by atoms with E-state index in [1.54, 1.807) is 18.1 Å². The summed E-state index contributed by atoms with van der Waals surface area (Å²) in [6.07, 6.45) is 3.29. The van der Waals surface area contributed by atoms with E-state index >= 15 is 0 Å². The standard InChI is InChI=1S/C26H31N7O3/c1-17(18-8-4-3-5-9-18)29-24-22(23(27)34)15-28-25(32-24)30-19-10-6-11-20(14-19)31-26(35)33-13-7-12-21(33)16-36-2/h3-6,8-11,14-15,17,21H,7,12-13,16H2,1-2H3,(H2,27,34)(H,31,35)(H2,28,29,30,32)/t17-,21?/m1/s1. The highest BCUT2D eigenvalue weighted by Crippen LogP contribution is 2.24. The summed E-state index contributed by atoms with van der Waals surface area (Å²) in [5.74, 6) is -0.00678. The van der Waals surface area contributed by atoms with Gasteiger partial charge in [-0.15, -0.1) is 0 Å². The lowest BCUT2D eigenvalue weighted by atomic mass is 10.1. The van der Waals surface area contributed by atoms with Crippen molar-refractivity contribution in [2.75, 3.05) is 36.2 Å². The number of rotatable bonds is 9. The van der Waals surface area contributed by atoms with Crippen LogP contribution in [0.3, 0.4) is 0 Å². The Morgan fingerprint density at radius 2 is 1.94 bits per heavy atom. The van der Waals surface area contributed by atoms with E-state index in [1.165, 1.54) is 6.20 Å². The molecule has 0 bridgehead atoms. The number of benzene rings is 2. The molecule has 1 aromatic heterocycles. The van der Waals surface area contributed by atoms with Crippen molar-refractivity contribution in [1.29, 1.82) is 0 Å². The Kier molecular flexibility index (Phi) is 7.96. The molecule has 1 fully saturated rings. The molecule has 2 aromatic carbocycles. The Balaban J connectivity index is 1.48. The van der Waals surface area contributed by atoms with E-state index in [4.69, 9.17) is 10.5 Å². The second-order valence-electron chi connectivity index (χ2n) is 8.68. The zero-order valence-corrected chi connectivity index (χ0v) is 20.4. The number of amides is 3. The summed E-state index contributed by atoms with van der Waals surface area (Å²) < 4.78 is 5.24. The number of likely N-dealkylation sites (tertiary alicyclic amines) is 1. The number of nitrogens with zero attached hydrogens (tertiary/aromatic N) is 3. The summed E-state index contributed by atoms with van der Waals surface area (Å²) in [5, 5.41) is 9.34. The minimum atomic E-state index is -0.622. The first-order chi connectivity index (χ1) is 17.4. The van der Waals surface area contributed by atoms with Crippen LogP contribution in [0.5, 0.6) is 0 Å². The monoisotopic (exact) mass is 489 g/mol. The third-order valence-corrected chi connectivity index (χ3v) is 6.07. The third-order valence-electron chi connectivity index (χ3n) is 6.07. The molecule has 188 valence electrons. The molecular weight excluding hydrogens is 458 g/mol. The van der Waals surface area contributed by atoms with Crippen LogP contribution in [0.4, 0.5) is 27.9 Å². The molecule has 1 unspecified atom stereocenters. The first-order valence-electron chi connectivity index (χ1n) is 11.9. The van der Waals surface area contributed by atoms with Gasteiger partial charge in [0, 0.05) is 37.3 Å². The fraction of sp³-hybridized carbons (Fsp3) is 0.308. The summed E-state index contributed by atoms with van der Waals surface area (Å²) in [4.78, 5) is 35.3. The number of nitrogens with one attached hydrogen (secondary N) is 3. The van der Waals surface area contributed by atoms with Crippen LogP contribution in [0, 0.1) is 0 Å². The number of primary amides is 1. The van der Waals surface area contributed by atoms with E-state index in [9.17, 15) is 9.59 Å². The third kappa shape index (κ3) is 6.08. The molecule has 10 heteroatoms. The zero-order chi connectivity index (χ0) is 25.5. The van der Waals surface area contributed by atoms with Gasteiger partial charge in [-0.1, -0.05) is 36.4 Å². The number of urea groups is 1. The van der Waals surface area contributed by atoms with Gasteiger partial charge in [-0.3, -0.25) is 4.79 Å². The maximum Gasteiger partial charge on any atom is 0.322 e. The van der Waals surface area contributed by atoms with Crippen molar-refractivity contribution in [1.82, 2.24) is 14.9 Å². The summed E-state index contributed by atoms with van der Waals surface area (Å²) in [7, 11) is 1.64. The maximum atomic E-state index is 12.8. The van der Waals surface area contributed by atoms with E-state index in [-0.39, 0.29) is 29.6 Å². The van der Waals surface area contributed by atoms with Gasteiger partial charge >= 0.3 is 6.03 Å². The average Bonchev–Trinajstić information content (AvgIpc) is 3.33. The Morgan fingerprint density at radius 1 is 1.17 bits per heavy atom. The first-order valence-corrected chi connectivity index (χ1v) is 11.9. The van der Waals surface area contributed by atoms with Gasteiger partial charge in [0.1, 0.15) is 5.82 Å². The van der Waals surface area contributed by atoms with Gasteiger partial charge in [0.15, 0.2) is 0 Å². The number of carbonyl (C=O) groups excluding carboxylic acids is 2. The topological polar surface area (TPSA) is 134 Å². The van der Waals surface area contributed by atoms with Crippen LogP contribution in [0.25, 0.3) is 0 Å². The Hall–Kier alpha value is -4.18. The van der Waals surface area contributed by atoms with Crippen molar-refractivity contribution in [2.24, 2.45) is 5.73 Å². The fourth-order valence-corrected chi connectivity index (χ4v) is 4.23. The molecule has 4 rings (SSSR count). The number of hydrogen-bond acceptors (Lipinski definition) is 7. The summed E-state index contributed by atoms with van der Waals surface area (Å²) in [5.41, 5.74) is 8.09. The lowest BCUT2D eigenvalue weighted by molar-refractivity contribution is 0.100. The normalized spacial score (nSPS) is 15.8. The van der Waals surface area contributed by atoms with Crippen LogP contribution >= 0.6 is 0 Å². The van der Waals surface area contributed by atoms with Crippen LogP contribution in [-0.4, -0.2) is 53.1 Å². The quantitative estimate of drug-likeness (QED) is 0.355. The van der Waals surface area contributed by atoms with Crippen LogP contribution in [0.1, 0.15) is 41.7 Å². The Morgan fingerprint density at radius 3 is 2.69 bits per heavy atom. The molecule has 0 aliphatic carbocycles. The Labute approximate surface area is 210 Å². The highest BCUT2D eigenvalue weighted by Gasteiger charge is 2.28. The van der Waals surface area contributed by atoms with Crippen molar-refractivity contribution in [3.63, 3.8) is 0 Å². The molecule has 2 atom stereocenters. The van der Waals surface area contributed by atoms with Gasteiger partial charge in [0.25, 0.3) is 5.91 Å². The number of methoxy groups -OCH3 is 1. The largest absolute Gasteiger partial charge is 0.383 e. The molecule has 1 aliphatic rings. The molecular formula is C26H31N7O3. The minimum Gasteiger partial charge on any atom is -0.383 e. The molecule has 5 N–H and O–H groups in total. The van der Waals surface area contributed by atoms with E-state index < -0.39 is 5.91 Å². The molecule has 2 heterocycles. The number of anilines is 4. The van der Waals surface area contributed by atoms with E-state index in [0.717, 1.165) is 18.4 Å². The molecule has 0 radical (unpaired) electrons. The smallest absolute Gasteiger partial charge is 0.322 e. The van der Waals surface area contributed by atoms with Gasteiger partial charge < -0.3 is 31.3 Å². The summed E-state index contributed by atoms with van der Waals surface area (Å²) >= 11 is 0. The molecule has 0 saturated carbocycles. The summed E-state index contributed by atoms with van der Waals surface area (Å²) in [6, 6.07) is 16.9. The van der Waals surface area contributed by atoms with Gasteiger partial charge in [-0.2, -0.15) is 4.98 Å². The van der Waals surface area contributed by atoms with Crippen LogP contribution in [-0.2, 0) is 4.74 Å². The van der Waals surface area contributed by atoms with Gasteiger partial charge in [0.05, 0.1) is 18.2 Å². The lowest BCUT2D eigenvalue weighted by Gasteiger charge is -2.24. The number of ether oxygens (including phenoxy) is 1. The van der Waals surface area contributed by atoms with Gasteiger partial charge in [0.2, 0.25) is 5.95 Å². The molecule has 36 heavy (non-hydrogen) atoms. The zero-order valence-electron chi connectivity index (χ0n) is 20.4. The molecule has 10 nitrogen and oxygen atoms in total. The number of nitrogens with two attached hydrogens (primary N) is 1. The van der Waals surface area contributed by atoms with Crippen molar-refractivity contribution in [2.45, 2.75) is 31.8 Å². The van der Waals surface area contributed by atoms with Crippen molar-refractivity contribution < 1.29 is 14.3 Å². The van der Waals surface area contributed by atoms with Crippen LogP contribution in [0.2, 0.25) is 0 Å². The number of aromatic nitrogens is 2. The van der Waals surface area contributed by atoms with Crippen molar-refractivity contribution in [3.05, 3.63) is 71.9 Å². The summed E-state index contributed by atoms with van der Waals surface area (Å²) in [6.45, 7) is 3.20. The average molecular weight is 490 g/mol. The second kappa shape index (κ2) is 11.5. The minimum absolute atomic E-state index is 0.0812.